The van der Waals surface area contributed by atoms with Crippen molar-refractivity contribution in [2.75, 3.05) is 0 Å². The molecule has 2 saturated carbocycles. The summed E-state index contributed by atoms with van der Waals surface area (Å²) in [7, 11) is 0. The zero-order valence-corrected chi connectivity index (χ0v) is 12.4. The zero-order valence-electron chi connectivity index (χ0n) is 12.4. The van der Waals surface area contributed by atoms with E-state index >= 15 is 0 Å². The van der Waals surface area contributed by atoms with Crippen molar-refractivity contribution in [1.82, 2.24) is 0 Å². The Labute approximate surface area is 125 Å². The van der Waals surface area contributed by atoms with Crippen LogP contribution in [0.15, 0.2) is 18.2 Å². The molecule has 1 aromatic rings. The molecule has 0 radical (unpaired) electrons. The quantitative estimate of drug-likeness (QED) is 0.771. The van der Waals surface area contributed by atoms with Crippen molar-refractivity contribution in [3.05, 3.63) is 29.3 Å². The lowest BCUT2D eigenvalue weighted by atomic mass is 9.55. The third kappa shape index (κ3) is 1.73. The lowest BCUT2D eigenvalue weighted by Gasteiger charge is -2.50. The van der Waals surface area contributed by atoms with Gasteiger partial charge in [-0.15, -0.1) is 0 Å². The van der Waals surface area contributed by atoms with Gasteiger partial charge in [0.15, 0.2) is 0 Å². The van der Waals surface area contributed by atoms with Gasteiger partial charge in [0.25, 0.3) is 0 Å². The Morgan fingerprint density at radius 1 is 1.29 bits per heavy atom. The topological polar surface area (TPSA) is 57.5 Å². The minimum absolute atomic E-state index is 0.201. The molecule has 0 aromatic heterocycles. The fraction of sp³-hybridized carbons (Fsp3) is 0.611. The largest absolute Gasteiger partial charge is 0.508 e. The number of fused-ring (bicyclic) bond motifs is 5. The van der Waals surface area contributed by atoms with E-state index in [0.29, 0.717) is 30.5 Å². The molecule has 21 heavy (non-hydrogen) atoms. The van der Waals surface area contributed by atoms with Crippen molar-refractivity contribution in [2.45, 2.75) is 51.0 Å². The summed E-state index contributed by atoms with van der Waals surface area (Å²) in [5.74, 6) is 1.53. The van der Waals surface area contributed by atoms with Crippen LogP contribution in [0.25, 0.3) is 0 Å². The van der Waals surface area contributed by atoms with E-state index in [0.717, 1.165) is 24.8 Å². The molecular weight excluding hydrogens is 264 g/mol. The Hall–Kier alpha value is -1.35. The van der Waals surface area contributed by atoms with Gasteiger partial charge >= 0.3 is 0 Å². The summed E-state index contributed by atoms with van der Waals surface area (Å²) in [6.07, 6.45) is 3.73. The number of carbonyl (C=O) groups excluding carboxylic acids is 1. The van der Waals surface area contributed by atoms with Crippen LogP contribution in [0.2, 0.25) is 0 Å². The average Bonchev–Trinajstić information content (AvgIpc) is 2.74. The van der Waals surface area contributed by atoms with E-state index in [1.54, 1.807) is 12.1 Å². The standard InChI is InChI=1S/C18H22O3/c1-18-7-6-13-12-3-2-11(19)8-10(12)9-15(20)17(13)14(18)4-5-16(18)21/h2-3,8,13-15,17,19-20H,4-7,9H2,1H3. The molecule has 3 aliphatic rings. The Kier molecular flexibility index (Phi) is 2.74. The SMILES string of the molecule is CC12CCC3c4ccc(O)cc4CC(O)C3C1CCC2=O. The van der Waals surface area contributed by atoms with E-state index in [9.17, 15) is 15.0 Å². The zero-order chi connectivity index (χ0) is 14.8. The van der Waals surface area contributed by atoms with Crippen molar-refractivity contribution in [3.63, 3.8) is 0 Å². The number of aliphatic hydroxyl groups excluding tert-OH is 1. The van der Waals surface area contributed by atoms with Gasteiger partial charge in [0.2, 0.25) is 0 Å². The normalized spacial score (nSPS) is 41.3. The number of ketones is 1. The van der Waals surface area contributed by atoms with Crippen LogP contribution in [0.4, 0.5) is 0 Å². The lowest BCUT2D eigenvalue weighted by molar-refractivity contribution is -0.131. The van der Waals surface area contributed by atoms with Crippen LogP contribution in [0.3, 0.4) is 0 Å². The first-order valence-electron chi connectivity index (χ1n) is 8.04. The molecule has 0 aliphatic heterocycles. The molecule has 5 unspecified atom stereocenters. The number of aromatic hydroxyl groups is 1. The first kappa shape index (κ1) is 13.3. The Morgan fingerprint density at radius 3 is 2.90 bits per heavy atom. The van der Waals surface area contributed by atoms with Gasteiger partial charge in [-0.2, -0.15) is 0 Å². The minimum Gasteiger partial charge on any atom is -0.508 e. The molecule has 2 N–H and O–H groups in total. The molecule has 0 bridgehead atoms. The molecule has 112 valence electrons. The molecule has 0 amide bonds. The molecule has 0 spiro atoms. The summed E-state index contributed by atoms with van der Waals surface area (Å²) in [5, 5.41) is 20.4. The molecule has 4 rings (SSSR count). The maximum absolute atomic E-state index is 12.3. The summed E-state index contributed by atoms with van der Waals surface area (Å²) >= 11 is 0. The highest BCUT2D eigenvalue weighted by Crippen LogP contribution is 2.59. The van der Waals surface area contributed by atoms with Crippen LogP contribution in [0, 0.1) is 17.3 Å². The number of Topliss-reactive ketones (excluding diaryl/α,β-unsaturated/α-hetero) is 1. The number of hydrogen-bond acceptors (Lipinski definition) is 3. The van der Waals surface area contributed by atoms with Gasteiger partial charge in [-0.3, -0.25) is 4.79 Å². The number of phenols is 1. The molecule has 3 aliphatic carbocycles. The molecular formula is C18H22O3. The number of benzene rings is 1. The highest BCUT2D eigenvalue weighted by atomic mass is 16.3. The number of aliphatic hydroxyl groups is 1. The van der Waals surface area contributed by atoms with Crippen LogP contribution in [-0.2, 0) is 11.2 Å². The van der Waals surface area contributed by atoms with Crippen LogP contribution in [-0.4, -0.2) is 22.1 Å². The van der Waals surface area contributed by atoms with Crippen molar-refractivity contribution in [2.24, 2.45) is 17.3 Å². The van der Waals surface area contributed by atoms with Gasteiger partial charge in [-0.25, -0.2) is 0 Å². The minimum atomic E-state index is -0.389. The van der Waals surface area contributed by atoms with Crippen molar-refractivity contribution < 1.29 is 15.0 Å². The van der Waals surface area contributed by atoms with Crippen LogP contribution >= 0.6 is 0 Å². The maximum Gasteiger partial charge on any atom is 0.139 e. The second-order valence-electron chi connectivity index (χ2n) is 7.36. The fourth-order valence-corrected chi connectivity index (χ4v) is 5.36. The Morgan fingerprint density at radius 2 is 2.10 bits per heavy atom. The third-order valence-electron chi connectivity index (χ3n) is 6.44. The van der Waals surface area contributed by atoms with E-state index in [-0.39, 0.29) is 23.2 Å². The second-order valence-corrected chi connectivity index (χ2v) is 7.36. The van der Waals surface area contributed by atoms with E-state index in [2.05, 4.69) is 6.92 Å². The van der Waals surface area contributed by atoms with E-state index < -0.39 is 0 Å². The summed E-state index contributed by atoms with van der Waals surface area (Å²) < 4.78 is 0. The smallest absolute Gasteiger partial charge is 0.139 e. The number of phenolic OH excluding ortho intramolecular Hbond substituents is 1. The third-order valence-corrected chi connectivity index (χ3v) is 6.44. The van der Waals surface area contributed by atoms with Gasteiger partial charge < -0.3 is 10.2 Å². The first-order valence-corrected chi connectivity index (χ1v) is 8.04. The van der Waals surface area contributed by atoms with Crippen LogP contribution in [0.1, 0.15) is 49.7 Å². The second kappa shape index (κ2) is 4.33. The van der Waals surface area contributed by atoms with Gasteiger partial charge in [0, 0.05) is 11.8 Å². The Balaban J connectivity index is 1.77. The predicted octanol–water partition coefficient (Wildman–Crippen LogP) is 2.79. The first-order chi connectivity index (χ1) is 10.0. The number of rotatable bonds is 0. The van der Waals surface area contributed by atoms with Gasteiger partial charge in [-0.1, -0.05) is 13.0 Å². The molecule has 5 atom stereocenters. The summed E-state index contributed by atoms with van der Waals surface area (Å²) in [4.78, 5) is 12.3. The molecule has 1 aromatic carbocycles. The summed E-state index contributed by atoms with van der Waals surface area (Å²) in [5.41, 5.74) is 2.15. The van der Waals surface area contributed by atoms with Crippen LogP contribution in [0.5, 0.6) is 5.75 Å². The van der Waals surface area contributed by atoms with E-state index in [1.165, 1.54) is 5.56 Å². The maximum atomic E-state index is 12.3. The molecule has 3 heteroatoms. The summed E-state index contributed by atoms with van der Waals surface area (Å²) in [6.45, 7) is 2.11. The molecule has 0 saturated heterocycles. The predicted molar refractivity (Wildman–Crippen MR) is 79.1 cm³/mol. The highest BCUT2D eigenvalue weighted by Gasteiger charge is 2.56. The highest BCUT2D eigenvalue weighted by molar-refractivity contribution is 5.87. The Bertz CT molecular complexity index is 608. The van der Waals surface area contributed by atoms with Gasteiger partial charge in [-0.05, 0) is 66.7 Å². The monoisotopic (exact) mass is 286 g/mol. The van der Waals surface area contributed by atoms with Crippen molar-refractivity contribution in [1.29, 1.82) is 0 Å². The molecule has 2 fully saturated rings. The lowest BCUT2D eigenvalue weighted by Crippen LogP contribution is -2.48. The van der Waals surface area contributed by atoms with Crippen molar-refractivity contribution in [3.8, 4) is 5.75 Å². The number of hydrogen-bond donors (Lipinski definition) is 2. The van der Waals surface area contributed by atoms with Crippen LogP contribution < -0.4 is 0 Å². The fourth-order valence-electron chi connectivity index (χ4n) is 5.36. The van der Waals surface area contributed by atoms with E-state index in [4.69, 9.17) is 0 Å². The van der Waals surface area contributed by atoms with Crippen molar-refractivity contribution >= 4 is 5.78 Å². The van der Waals surface area contributed by atoms with Gasteiger partial charge in [0.05, 0.1) is 6.10 Å². The number of carbonyl (C=O) groups is 1. The molecule has 3 nitrogen and oxygen atoms in total. The molecule has 0 heterocycles. The average molecular weight is 286 g/mol. The van der Waals surface area contributed by atoms with E-state index in [1.807, 2.05) is 6.07 Å². The van der Waals surface area contributed by atoms with Gasteiger partial charge in [0.1, 0.15) is 11.5 Å². The summed E-state index contributed by atoms with van der Waals surface area (Å²) in [6, 6.07) is 5.57.